The van der Waals surface area contributed by atoms with Crippen molar-refractivity contribution in [1.82, 2.24) is 15.2 Å². The molecule has 36 heavy (non-hydrogen) atoms. The highest BCUT2D eigenvalue weighted by molar-refractivity contribution is 9.10. The Labute approximate surface area is 220 Å². The third-order valence-corrected chi connectivity index (χ3v) is 7.31. The molecule has 194 valence electrons. The molecule has 2 aromatic rings. The summed E-state index contributed by atoms with van der Waals surface area (Å²) in [6, 6.07) is 5.63. The van der Waals surface area contributed by atoms with E-state index in [-0.39, 0.29) is 23.8 Å². The lowest BCUT2D eigenvalue weighted by Gasteiger charge is -2.33. The maximum absolute atomic E-state index is 13.0. The first-order chi connectivity index (χ1) is 17.0. The van der Waals surface area contributed by atoms with E-state index in [0.29, 0.717) is 18.5 Å². The molecule has 1 aliphatic carbocycles. The minimum atomic E-state index is -0.593. The van der Waals surface area contributed by atoms with Crippen molar-refractivity contribution in [3.05, 3.63) is 34.4 Å². The molecule has 0 bridgehead atoms. The Hall–Kier alpha value is -2.68. The van der Waals surface area contributed by atoms with Gasteiger partial charge in [0.2, 0.25) is 5.91 Å². The number of pyridine rings is 1. The second-order valence-electron chi connectivity index (χ2n) is 10.8. The quantitative estimate of drug-likeness (QED) is 0.474. The number of carbonyl (C=O) groups is 3. The number of likely N-dealkylation sites (tertiary alicyclic amines) is 1. The summed E-state index contributed by atoms with van der Waals surface area (Å²) < 4.78 is 6.42. The van der Waals surface area contributed by atoms with Crippen molar-refractivity contribution in [1.29, 1.82) is 0 Å². The second-order valence-corrected chi connectivity index (χ2v) is 11.7. The number of hydrogen-bond donors (Lipinski definition) is 2. The van der Waals surface area contributed by atoms with Gasteiger partial charge in [-0.05, 0) is 84.4 Å². The summed E-state index contributed by atoms with van der Waals surface area (Å²) in [5.41, 5.74) is 1.64. The van der Waals surface area contributed by atoms with Crippen LogP contribution in [0.25, 0.3) is 10.9 Å². The van der Waals surface area contributed by atoms with Gasteiger partial charge in [-0.2, -0.15) is 0 Å². The van der Waals surface area contributed by atoms with Gasteiger partial charge in [-0.3, -0.25) is 19.5 Å². The maximum Gasteiger partial charge on any atom is 0.410 e. The van der Waals surface area contributed by atoms with Gasteiger partial charge in [0.1, 0.15) is 11.6 Å². The second kappa shape index (κ2) is 10.7. The van der Waals surface area contributed by atoms with Crippen LogP contribution in [0.4, 0.5) is 10.5 Å². The number of nitrogens with one attached hydrogen (secondary N) is 2. The van der Waals surface area contributed by atoms with Gasteiger partial charge in [-0.1, -0.05) is 15.9 Å². The van der Waals surface area contributed by atoms with Gasteiger partial charge in [0.15, 0.2) is 5.78 Å². The van der Waals surface area contributed by atoms with Crippen molar-refractivity contribution in [2.75, 3.05) is 11.9 Å². The minimum absolute atomic E-state index is 0.0288. The molecule has 9 heteroatoms. The van der Waals surface area contributed by atoms with Gasteiger partial charge in [0.05, 0.1) is 16.8 Å². The fourth-order valence-electron chi connectivity index (χ4n) is 5.05. The van der Waals surface area contributed by atoms with E-state index >= 15 is 0 Å². The molecule has 1 atom stereocenters. The largest absolute Gasteiger partial charge is 0.444 e. The van der Waals surface area contributed by atoms with Gasteiger partial charge < -0.3 is 15.4 Å². The van der Waals surface area contributed by atoms with E-state index < -0.39 is 17.7 Å². The van der Waals surface area contributed by atoms with E-state index in [0.717, 1.165) is 53.2 Å². The summed E-state index contributed by atoms with van der Waals surface area (Å²) in [7, 11) is 0. The van der Waals surface area contributed by atoms with E-state index in [1.54, 1.807) is 18.0 Å². The first-order valence-electron chi connectivity index (χ1n) is 12.7. The number of amides is 2. The fraction of sp³-hybridized carbons (Fsp3) is 0.556. The van der Waals surface area contributed by atoms with Gasteiger partial charge in [-0.25, -0.2) is 4.79 Å². The van der Waals surface area contributed by atoms with Crippen LogP contribution in [0, 0.1) is 0 Å². The molecule has 2 fully saturated rings. The van der Waals surface area contributed by atoms with Gasteiger partial charge in [0, 0.05) is 34.7 Å². The molecule has 1 saturated carbocycles. The highest BCUT2D eigenvalue weighted by Gasteiger charge is 2.37. The Morgan fingerprint density at radius 1 is 1.08 bits per heavy atom. The predicted molar refractivity (Wildman–Crippen MR) is 143 cm³/mol. The van der Waals surface area contributed by atoms with Crippen molar-refractivity contribution >= 4 is 50.3 Å². The van der Waals surface area contributed by atoms with Crippen LogP contribution in [0.1, 0.15) is 76.6 Å². The highest BCUT2D eigenvalue weighted by Crippen LogP contribution is 2.32. The number of ketones is 1. The van der Waals surface area contributed by atoms with Crippen LogP contribution < -0.4 is 10.6 Å². The SMILES string of the molecule is CC(=O)c1cnc2ccc(Br)cc2c1NC1CCC(NC(=O)C2CCCN2C(=O)OC(C)(C)C)CC1. The molecular weight excluding hydrogens is 524 g/mol. The molecule has 0 spiro atoms. The Kier molecular flexibility index (Phi) is 7.87. The number of fused-ring (bicyclic) bond motifs is 1. The number of ether oxygens (including phenoxy) is 1. The Morgan fingerprint density at radius 2 is 1.78 bits per heavy atom. The van der Waals surface area contributed by atoms with Crippen LogP contribution >= 0.6 is 15.9 Å². The van der Waals surface area contributed by atoms with Crippen LogP contribution in [-0.4, -0.2) is 57.9 Å². The monoisotopic (exact) mass is 558 g/mol. The lowest BCUT2D eigenvalue weighted by atomic mass is 9.90. The summed E-state index contributed by atoms with van der Waals surface area (Å²) in [6.45, 7) is 7.58. The van der Waals surface area contributed by atoms with Gasteiger partial charge in [0.25, 0.3) is 0 Å². The van der Waals surface area contributed by atoms with Crippen LogP contribution in [0.5, 0.6) is 0 Å². The van der Waals surface area contributed by atoms with Crippen LogP contribution in [-0.2, 0) is 9.53 Å². The molecule has 2 heterocycles. The molecule has 1 aromatic heterocycles. The first-order valence-corrected chi connectivity index (χ1v) is 13.5. The lowest BCUT2D eigenvalue weighted by molar-refractivity contribution is -0.126. The standard InChI is InChI=1S/C27H35BrN4O4/c1-16(33)21-15-29-22-12-7-17(28)14-20(22)24(21)30-18-8-10-19(11-9-18)31-25(34)23-6-5-13-32(23)26(35)36-27(2,3)4/h7,12,14-15,18-19,23H,5-6,8-11,13H2,1-4H3,(H,29,30)(H,31,34). The third-order valence-electron chi connectivity index (χ3n) is 6.81. The number of rotatable bonds is 5. The molecule has 2 amide bonds. The number of carbonyl (C=O) groups excluding carboxylic acids is 3. The average molecular weight is 560 g/mol. The Balaban J connectivity index is 1.37. The summed E-state index contributed by atoms with van der Waals surface area (Å²) >= 11 is 3.53. The summed E-state index contributed by atoms with van der Waals surface area (Å²) in [6.07, 6.45) is 6.04. The van der Waals surface area contributed by atoms with Crippen molar-refractivity contribution in [2.24, 2.45) is 0 Å². The predicted octanol–water partition coefficient (Wildman–Crippen LogP) is 5.44. The molecule has 1 saturated heterocycles. The number of halogens is 1. The summed E-state index contributed by atoms with van der Waals surface area (Å²) in [5.74, 6) is -0.127. The normalized spacial score (nSPS) is 22.4. The van der Waals surface area contributed by atoms with Gasteiger partial charge in [-0.15, -0.1) is 0 Å². The molecule has 0 radical (unpaired) electrons. The first kappa shape index (κ1) is 26.4. The van der Waals surface area contributed by atoms with Crippen molar-refractivity contribution in [3.8, 4) is 0 Å². The number of benzene rings is 1. The van der Waals surface area contributed by atoms with Crippen LogP contribution in [0.2, 0.25) is 0 Å². The number of aromatic nitrogens is 1. The van der Waals surface area contributed by atoms with E-state index in [2.05, 4.69) is 31.5 Å². The van der Waals surface area contributed by atoms with Gasteiger partial charge >= 0.3 is 6.09 Å². The van der Waals surface area contributed by atoms with E-state index in [1.807, 2.05) is 39.0 Å². The highest BCUT2D eigenvalue weighted by atomic mass is 79.9. The zero-order valence-corrected chi connectivity index (χ0v) is 23.0. The third kappa shape index (κ3) is 6.17. The summed E-state index contributed by atoms with van der Waals surface area (Å²) in [5, 5.41) is 7.70. The number of Topliss-reactive ketones (excluding diaryl/α,β-unsaturated/α-hetero) is 1. The maximum atomic E-state index is 13.0. The minimum Gasteiger partial charge on any atom is -0.444 e. The van der Waals surface area contributed by atoms with E-state index in [9.17, 15) is 14.4 Å². The van der Waals surface area contributed by atoms with E-state index in [1.165, 1.54) is 0 Å². The van der Waals surface area contributed by atoms with Crippen LogP contribution in [0.3, 0.4) is 0 Å². The van der Waals surface area contributed by atoms with Crippen LogP contribution in [0.15, 0.2) is 28.9 Å². The fourth-order valence-corrected chi connectivity index (χ4v) is 5.41. The molecular formula is C27H35BrN4O4. The number of hydrogen-bond acceptors (Lipinski definition) is 6. The molecule has 1 aliphatic heterocycles. The molecule has 2 N–H and O–H groups in total. The Bertz CT molecular complexity index is 1150. The Morgan fingerprint density at radius 3 is 2.44 bits per heavy atom. The molecule has 1 aromatic carbocycles. The average Bonchev–Trinajstić information content (AvgIpc) is 3.30. The van der Waals surface area contributed by atoms with Crippen molar-refractivity contribution < 1.29 is 19.1 Å². The smallest absolute Gasteiger partial charge is 0.410 e. The molecule has 8 nitrogen and oxygen atoms in total. The molecule has 1 unspecified atom stereocenters. The zero-order valence-electron chi connectivity index (χ0n) is 21.4. The van der Waals surface area contributed by atoms with E-state index in [4.69, 9.17) is 4.74 Å². The van der Waals surface area contributed by atoms with Crippen molar-refractivity contribution in [2.45, 2.75) is 89.9 Å². The molecule has 2 aliphatic rings. The summed E-state index contributed by atoms with van der Waals surface area (Å²) in [4.78, 5) is 43.9. The molecule has 4 rings (SSSR count). The number of nitrogens with zero attached hydrogens (tertiary/aromatic N) is 2. The number of anilines is 1. The lowest BCUT2D eigenvalue weighted by Crippen LogP contribution is -2.50. The zero-order chi connectivity index (χ0) is 26.0. The van der Waals surface area contributed by atoms with Crippen molar-refractivity contribution in [3.63, 3.8) is 0 Å². The topological polar surface area (TPSA) is 101 Å².